The number of likely N-dealkylation sites (N-methyl/N-ethyl adjacent to an activating group) is 1. The summed E-state index contributed by atoms with van der Waals surface area (Å²) in [7, 11) is 2.15. The van der Waals surface area contributed by atoms with Gasteiger partial charge >= 0.3 is 18.0 Å². The Hall–Kier alpha value is -2.61. The highest BCUT2D eigenvalue weighted by Gasteiger charge is 2.34. The van der Waals surface area contributed by atoms with Crippen molar-refractivity contribution in [2.24, 2.45) is 5.92 Å². The lowest BCUT2D eigenvalue weighted by Crippen LogP contribution is -2.47. The van der Waals surface area contributed by atoms with Crippen molar-refractivity contribution in [1.29, 1.82) is 0 Å². The van der Waals surface area contributed by atoms with E-state index in [4.69, 9.17) is 14.2 Å². The molecule has 1 aliphatic heterocycles. The second-order valence-corrected chi connectivity index (χ2v) is 10.2. The average Bonchev–Trinajstić information content (AvgIpc) is 2.98. The van der Waals surface area contributed by atoms with E-state index in [9.17, 15) is 14.4 Å². The Morgan fingerprint density at radius 3 is 2.40 bits per heavy atom. The quantitative estimate of drug-likeness (QED) is 0.511. The maximum atomic E-state index is 12.7. The normalized spacial score (nSPS) is 20.6. The summed E-state index contributed by atoms with van der Waals surface area (Å²) in [6.07, 6.45) is 2.26. The molecule has 8 heteroatoms. The third-order valence-electron chi connectivity index (χ3n) is 6.52. The summed E-state index contributed by atoms with van der Waals surface area (Å²) in [6, 6.07) is 6.68. The van der Waals surface area contributed by atoms with E-state index >= 15 is 0 Å². The number of carbonyl (C=O) groups excluding carboxylic acids is 3. The molecule has 1 unspecified atom stereocenters. The van der Waals surface area contributed by atoms with Gasteiger partial charge in [0, 0.05) is 12.0 Å². The van der Waals surface area contributed by atoms with Crippen LogP contribution >= 0.6 is 0 Å². The fourth-order valence-corrected chi connectivity index (χ4v) is 4.52. The van der Waals surface area contributed by atoms with Crippen LogP contribution in [0.4, 0.5) is 4.79 Å². The summed E-state index contributed by atoms with van der Waals surface area (Å²) in [5, 5.41) is 2.59. The first-order valence-electron chi connectivity index (χ1n) is 12.7. The molecule has 1 aromatic rings. The highest BCUT2D eigenvalue weighted by atomic mass is 16.6. The van der Waals surface area contributed by atoms with Crippen LogP contribution in [0.25, 0.3) is 0 Å². The zero-order valence-corrected chi connectivity index (χ0v) is 22.3. The van der Waals surface area contributed by atoms with Crippen LogP contribution in [0.2, 0.25) is 0 Å². The first kappa shape index (κ1) is 28.6. The number of amides is 1. The highest BCUT2D eigenvalue weighted by molar-refractivity contribution is 5.85. The number of nitrogens with one attached hydrogen (secondary N) is 1. The summed E-state index contributed by atoms with van der Waals surface area (Å²) in [5.74, 6) is -1.21. The molecule has 1 heterocycles. The van der Waals surface area contributed by atoms with E-state index in [0.29, 0.717) is 5.75 Å². The number of esters is 2. The Morgan fingerprint density at radius 1 is 1.06 bits per heavy atom. The third-order valence-corrected chi connectivity index (χ3v) is 6.52. The van der Waals surface area contributed by atoms with Crippen molar-refractivity contribution in [2.45, 2.75) is 90.9 Å². The Kier molecular flexibility index (Phi) is 10.6. The molecule has 1 aliphatic rings. The fourth-order valence-electron chi connectivity index (χ4n) is 4.52. The second kappa shape index (κ2) is 12.9. The molecule has 3 atom stereocenters. The van der Waals surface area contributed by atoms with Crippen LogP contribution in [0.1, 0.15) is 72.8 Å². The van der Waals surface area contributed by atoms with Gasteiger partial charge in [0.25, 0.3) is 0 Å². The number of likely N-dealkylation sites (tertiary alicyclic amines) is 1. The number of nitrogens with zero attached hydrogens (tertiary/aromatic N) is 1. The molecule has 0 aromatic heterocycles. The van der Waals surface area contributed by atoms with Gasteiger partial charge < -0.3 is 24.4 Å². The highest BCUT2D eigenvalue weighted by Crippen LogP contribution is 2.37. The molecule has 1 aromatic carbocycles. The number of ether oxygens (including phenoxy) is 3. The lowest BCUT2D eigenvalue weighted by atomic mass is 9.74. The number of carbonyl (C=O) groups is 3. The van der Waals surface area contributed by atoms with E-state index in [2.05, 4.69) is 30.3 Å². The molecule has 1 fully saturated rings. The lowest BCUT2D eigenvalue weighted by molar-refractivity contribution is -0.170. The van der Waals surface area contributed by atoms with Crippen molar-refractivity contribution in [3.8, 4) is 5.75 Å². The molecule has 35 heavy (non-hydrogen) atoms. The number of hydrogen-bond acceptors (Lipinski definition) is 7. The van der Waals surface area contributed by atoms with Gasteiger partial charge in [-0.1, -0.05) is 39.3 Å². The van der Waals surface area contributed by atoms with Gasteiger partial charge in [0.15, 0.2) is 6.10 Å². The number of hydrogen-bond donors (Lipinski definition) is 1. The minimum atomic E-state index is -1.08. The van der Waals surface area contributed by atoms with Crippen molar-refractivity contribution in [1.82, 2.24) is 10.2 Å². The minimum absolute atomic E-state index is 0.00605. The summed E-state index contributed by atoms with van der Waals surface area (Å²) in [5.41, 5.74) is 1.16. The van der Waals surface area contributed by atoms with E-state index in [-0.39, 0.29) is 17.4 Å². The van der Waals surface area contributed by atoms with E-state index in [1.54, 1.807) is 33.8 Å². The molecule has 8 nitrogen and oxygen atoms in total. The topological polar surface area (TPSA) is 94.2 Å². The van der Waals surface area contributed by atoms with Crippen molar-refractivity contribution in [3.63, 3.8) is 0 Å². The van der Waals surface area contributed by atoms with Crippen molar-refractivity contribution in [2.75, 3.05) is 20.1 Å². The van der Waals surface area contributed by atoms with Crippen molar-refractivity contribution < 1.29 is 28.6 Å². The molecule has 1 N–H and O–H groups in total. The maximum absolute atomic E-state index is 12.7. The molecule has 1 saturated heterocycles. The van der Waals surface area contributed by atoms with Gasteiger partial charge in [-0.25, -0.2) is 14.4 Å². The predicted octanol–water partition coefficient (Wildman–Crippen LogP) is 4.45. The van der Waals surface area contributed by atoms with Crippen LogP contribution in [0.5, 0.6) is 5.75 Å². The first-order valence-corrected chi connectivity index (χ1v) is 12.7. The van der Waals surface area contributed by atoms with Gasteiger partial charge in [0.2, 0.25) is 0 Å². The molecular formula is C27H42N2O6. The molecule has 196 valence electrons. The lowest BCUT2D eigenvalue weighted by Gasteiger charge is -2.35. The van der Waals surface area contributed by atoms with Gasteiger partial charge in [0.1, 0.15) is 11.8 Å². The van der Waals surface area contributed by atoms with Gasteiger partial charge in [-0.05, 0) is 77.2 Å². The summed E-state index contributed by atoms with van der Waals surface area (Å²) < 4.78 is 15.9. The zero-order chi connectivity index (χ0) is 26.2. The molecule has 0 aliphatic carbocycles. The molecule has 1 amide bonds. The Morgan fingerprint density at radius 2 is 1.77 bits per heavy atom. The third kappa shape index (κ3) is 8.23. The van der Waals surface area contributed by atoms with E-state index in [1.165, 1.54) is 13.3 Å². The van der Waals surface area contributed by atoms with E-state index in [1.807, 2.05) is 12.1 Å². The standard InChI is InChI=1S/C27H42N2O6/c1-8-27(14-9-10-15-29(7)17-27)21-12-11-13-22(16-21)35-26(32)28-23(18(2)3)25(31)34-20(6)24(30)33-19(4)5/h11-13,16,18-20,23H,8-10,14-15,17H2,1-7H3,(H,28,32)/t20-,23-,27?/m0/s1. The van der Waals surface area contributed by atoms with Crippen molar-refractivity contribution >= 4 is 18.0 Å². The SMILES string of the molecule is CCC1(c2cccc(OC(=O)N[C@H](C(=O)O[C@@H](C)C(=O)OC(C)C)C(C)C)c2)CCCCN(C)C1. The monoisotopic (exact) mass is 490 g/mol. The smallest absolute Gasteiger partial charge is 0.413 e. The molecule has 0 radical (unpaired) electrons. The Labute approximate surface area is 209 Å². The van der Waals surface area contributed by atoms with Gasteiger partial charge in [0.05, 0.1) is 6.10 Å². The van der Waals surface area contributed by atoms with Crippen LogP contribution in [0.15, 0.2) is 24.3 Å². The maximum Gasteiger partial charge on any atom is 0.413 e. The van der Waals surface area contributed by atoms with Gasteiger partial charge in [-0.3, -0.25) is 0 Å². The average molecular weight is 491 g/mol. The summed E-state index contributed by atoms with van der Waals surface area (Å²) >= 11 is 0. The fraction of sp³-hybridized carbons (Fsp3) is 0.667. The van der Waals surface area contributed by atoms with E-state index in [0.717, 1.165) is 37.9 Å². The first-order chi connectivity index (χ1) is 16.5. The van der Waals surface area contributed by atoms with Crippen LogP contribution < -0.4 is 10.1 Å². The minimum Gasteiger partial charge on any atom is -0.460 e. The second-order valence-electron chi connectivity index (χ2n) is 10.2. The van der Waals surface area contributed by atoms with Crippen LogP contribution in [-0.2, 0) is 24.5 Å². The Balaban J connectivity index is 2.08. The van der Waals surface area contributed by atoms with Crippen LogP contribution in [0, 0.1) is 5.92 Å². The van der Waals surface area contributed by atoms with Crippen LogP contribution in [-0.4, -0.2) is 61.3 Å². The summed E-state index contributed by atoms with van der Waals surface area (Å²) in [4.78, 5) is 39.7. The largest absolute Gasteiger partial charge is 0.460 e. The predicted molar refractivity (Wildman–Crippen MR) is 134 cm³/mol. The molecular weight excluding hydrogens is 448 g/mol. The zero-order valence-electron chi connectivity index (χ0n) is 22.3. The molecule has 0 spiro atoms. The molecule has 0 saturated carbocycles. The van der Waals surface area contributed by atoms with Gasteiger partial charge in [-0.2, -0.15) is 0 Å². The van der Waals surface area contributed by atoms with Gasteiger partial charge in [-0.15, -0.1) is 0 Å². The van der Waals surface area contributed by atoms with E-state index < -0.39 is 30.2 Å². The van der Waals surface area contributed by atoms with Crippen LogP contribution in [0.3, 0.4) is 0 Å². The Bertz CT molecular complexity index is 871. The number of rotatable bonds is 9. The summed E-state index contributed by atoms with van der Waals surface area (Å²) in [6.45, 7) is 12.7. The molecule has 2 rings (SSSR count). The van der Waals surface area contributed by atoms with Crippen molar-refractivity contribution in [3.05, 3.63) is 29.8 Å². The molecule has 0 bridgehead atoms. The number of benzene rings is 1.